The molecule has 0 aliphatic heterocycles. The number of hydrogen-bond donors (Lipinski definition) is 1. The van der Waals surface area contributed by atoms with Crippen LogP contribution in [0.2, 0.25) is 0 Å². The van der Waals surface area contributed by atoms with E-state index < -0.39 is 0 Å². The van der Waals surface area contributed by atoms with Gasteiger partial charge in [0.15, 0.2) is 5.82 Å². The first-order valence-corrected chi connectivity index (χ1v) is 4.39. The van der Waals surface area contributed by atoms with E-state index in [0.29, 0.717) is 31.1 Å². The molecule has 0 amide bonds. The SMILES string of the molecule is CCOCc1noc(NC(C)C)n1. The topological polar surface area (TPSA) is 60.2 Å². The quantitative estimate of drug-likeness (QED) is 0.751. The van der Waals surface area contributed by atoms with Crippen molar-refractivity contribution in [2.45, 2.75) is 33.4 Å². The van der Waals surface area contributed by atoms with Crippen molar-refractivity contribution in [1.82, 2.24) is 10.1 Å². The number of nitrogens with zero attached hydrogens (tertiary/aromatic N) is 2. The van der Waals surface area contributed by atoms with E-state index in [4.69, 9.17) is 9.26 Å². The molecule has 1 rings (SSSR count). The van der Waals surface area contributed by atoms with Gasteiger partial charge in [0, 0.05) is 12.6 Å². The summed E-state index contributed by atoms with van der Waals surface area (Å²) in [6, 6.07) is 0.741. The molecule has 0 unspecified atom stereocenters. The van der Waals surface area contributed by atoms with Crippen LogP contribution in [-0.2, 0) is 11.3 Å². The van der Waals surface area contributed by atoms with Crippen LogP contribution in [0.3, 0.4) is 0 Å². The number of ether oxygens (including phenoxy) is 1. The second-order valence-corrected chi connectivity index (χ2v) is 2.95. The molecule has 0 fully saturated rings. The van der Waals surface area contributed by atoms with Gasteiger partial charge in [-0.3, -0.25) is 0 Å². The highest BCUT2D eigenvalue weighted by atomic mass is 16.5. The molecule has 13 heavy (non-hydrogen) atoms. The third-order valence-corrected chi connectivity index (χ3v) is 1.32. The predicted octanol–water partition coefficient (Wildman–Crippen LogP) is 1.43. The van der Waals surface area contributed by atoms with Gasteiger partial charge in [0.25, 0.3) is 0 Å². The average molecular weight is 185 g/mol. The van der Waals surface area contributed by atoms with Crippen LogP contribution in [0, 0.1) is 0 Å². The van der Waals surface area contributed by atoms with E-state index in [1.165, 1.54) is 0 Å². The van der Waals surface area contributed by atoms with Gasteiger partial charge < -0.3 is 14.6 Å². The molecule has 5 heteroatoms. The van der Waals surface area contributed by atoms with E-state index in [9.17, 15) is 0 Å². The molecule has 0 saturated carbocycles. The number of rotatable bonds is 5. The van der Waals surface area contributed by atoms with Gasteiger partial charge in [0.1, 0.15) is 6.61 Å². The molecule has 1 N–H and O–H groups in total. The first kappa shape index (κ1) is 9.98. The Hall–Kier alpha value is -1.10. The first-order valence-electron chi connectivity index (χ1n) is 4.39. The Kier molecular flexibility index (Phi) is 3.70. The second-order valence-electron chi connectivity index (χ2n) is 2.95. The molecule has 1 aromatic rings. The Morgan fingerprint density at radius 3 is 2.92 bits per heavy atom. The third kappa shape index (κ3) is 3.42. The summed E-state index contributed by atoms with van der Waals surface area (Å²) in [5.41, 5.74) is 0. The highest BCUT2D eigenvalue weighted by Gasteiger charge is 2.05. The van der Waals surface area contributed by atoms with Crippen molar-refractivity contribution in [2.75, 3.05) is 11.9 Å². The van der Waals surface area contributed by atoms with Crippen LogP contribution in [0.4, 0.5) is 6.01 Å². The van der Waals surface area contributed by atoms with E-state index in [0.717, 1.165) is 0 Å². The van der Waals surface area contributed by atoms with Crippen molar-refractivity contribution in [3.05, 3.63) is 5.82 Å². The van der Waals surface area contributed by atoms with E-state index >= 15 is 0 Å². The van der Waals surface area contributed by atoms with Gasteiger partial charge in [0.05, 0.1) is 0 Å². The van der Waals surface area contributed by atoms with Gasteiger partial charge in [-0.2, -0.15) is 4.98 Å². The number of hydrogen-bond acceptors (Lipinski definition) is 5. The standard InChI is InChI=1S/C8H15N3O2/c1-4-12-5-7-10-8(13-11-7)9-6(2)3/h6H,4-5H2,1-3H3,(H,9,10,11). The Morgan fingerprint density at radius 2 is 2.31 bits per heavy atom. The minimum Gasteiger partial charge on any atom is -0.374 e. The zero-order chi connectivity index (χ0) is 9.68. The summed E-state index contributed by atoms with van der Waals surface area (Å²) in [5, 5.41) is 6.74. The molecule has 1 heterocycles. The number of aromatic nitrogens is 2. The van der Waals surface area contributed by atoms with Crippen molar-refractivity contribution in [3.63, 3.8) is 0 Å². The largest absolute Gasteiger partial charge is 0.374 e. The van der Waals surface area contributed by atoms with Crippen LogP contribution in [0.15, 0.2) is 4.52 Å². The predicted molar refractivity (Wildman–Crippen MR) is 48.4 cm³/mol. The van der Waals surface area contributed by atoms with Crippen LogP contribution >= 0.6 is 0 Å². The number of nitrogens with one attached hydrogen (secondary N) is 1. The average Bonchev–Trinajstić information content (AvgIpc) is 2.48. The fraction of sp³-hybridized carbons (Fsp3) is 0.750. The lowest BCUT2D eigenvalue weighted by atomic mass is 10.4. The molecule has 1 aromatic heterocycles. The summed E-state index contributed by atoms with van der Waals surface area (Å²) in [7, 11) is 0. The zero-order valence-corrected chi connectivity index (χ0v) is 8.20. The van der Waals surface area contributed by atoms with E-state index in [-0.39, 0.29) is 0 Å². The van der Waals surface area contributed by atoms with Crippen LogP contribution < -0.4 is 5.32 Å². The highest BCUT2D eigenvalue weighted by molar-refractivity contribution is 5.19. The lowest BCUT2D eigenvalue weighted by Gasteiger charge is -2.01. The van der Waals surface area contributed by atoms with Crippen molar-refractivity contribution in [3.8, 4) is 0 Å². The Balaban J connectivity index is 2.44. The molecule has 0 aliphatic carbocycles. The summed E-state index contributed by atoms with van der Waals surface area (Å²) in [6.45, 7) is 6.99. The maximum absolute atomic E-state index is 5.13. The minimum atomic E-state index is 0.292. The summed E-state index contributed by atoms with van der Waals surface area (Å²) in [4.78, 5) is 4.07. The zero-order valence-electron chi connectivity index (χ0n) is 8.20. The molecule has 0 aliphatic rings. The van der Waals surface area contributed by atoms with Crippen LogP contribution in [0.5, 0.6) is 0 Å². The molecule has 0 atom stereocenters. The molecule has 0 radical (unpaired) electrons. The molecule has 5 nitrogen and oxygen atoms in total. The van der Waals surface area contributed by atoms with Crippen molar-refractivity contribution in [1.29, 1.82) is 0 Å². The second kappa shape index (κ2) is 4.81. The summed E-state index contributed by atoms with van der Waals surface area (Å²) in [5.74, 6) is 0.574. The van der Waals surface area contributed by atoms with Gasteiger partial charge in [-0.25, -0.2) is 0 Å². The highest BCUT2D eigenvalue weighted by Crippen LogP contribution is 2.05. The Morgan fingerprint density at radius 1 is 1.54 bits per heavy atom. The number of anilines is 1. The van der Waals surface area contributed by atoms with E-state index in [1.54, 1.807) is 0 Å². The lowest BCUT2D eigenvalue weighted by Crippen LogP contribution is -2.09. The van der Waals surface area contributed by atoms with Crippen LogP contribution in [-0.4, -0.2) is 22.8 Å². The van der Waals surface area contributed by atoms with Gasteiger partial charge in [-0.15, -0.1) is 0 Å². The van der Waals surface area contributed by atoms with Crippen LogP contribution in [0.1, 0.15) is 26.6 Å². The first-order chi connectivity index (χ1) is 6.22. The van der Waals surface area contributed by atoms with Crippen molar-refractivity contribution >= 4 is 6.01 Å². The van der Waals surface area contributed by atoms with E-state index in [1.807, 2.05) is 20.8 Å². The summed E-state index contributed by atoms with van der Waals surface area (Å²) in [6.07, 6.45) is 0. The van der Waals surface area contributed by atoms with Gasteiger partial charge in [-0.1, -0.05) is 5.16 Å². The Labute approximate surface area is 77.5 Å². The van der Waals surface area contributed by atoms with Crippen molar-refractivity contribution < 1.29 is 9.26 Å². The normalized spacial score (nSPS) is 10.8. The molecular formula is C8H15N3O2. The molecule has 0 spiro atoms. The monoisotopic (exact) mass is 185 g/mol. The summed E-state index contributed by atoms with van der Waals surface area (Å²) >= 11 is 0. The molecule has 0 bridgehead atoms. The van der Waals surface area contributed by atoms with Gasteiger partial charge >= 0.3 is 6.01 Å². The maximum atomic E-state index is 5.13. The summed E-state index contributed by atoms with van der Waals surface area (Å²) < 4.78 is 10.0. The molecular weight excluding hydrogens is 170 g/mol. The fourth-order valence-corrected chi connectivity index (χ4v) is 0.812. The van der Waals surface area contributed by atoms with Crippen LogP contribution in [0.25, 0.3) is 0 Å². The molecule has 0 aromatic carbocycles. The maximum Gasteiger partial charge on any atom is 0.321 e. The Bertz CT molecular complexity index is 247. The lowest BCUT2D eigenvalue weighted by molar-refractivity contribution is 0.126. The van der Waals surface area contributed by atoms with Gasteiger partial charge in [0.2, 0.25) is 0 Å². The third-order valence-electron chi connectivity index (χ3n) is 1.32. The van der Waals surface area contributed by atoms with Gasteiger partial charge in [-0.05, 0) is 20.8 Å². The van der Waals surface area contributed by atoms with Crippen molar-refractivity contribution in [2.24, 2.45) is 0 Å². The smallest absolute Gasteiger partial charge is 0.321 e. The minimum absolute atomic E-state index is 0.292. The van der Waals surface area contributed by atoms with E-state index in [2.05, 4.69) is 15.5 Å². The molecule has 0 saturated heterocycles. The fourth-order valence-electron chi connectivity index (χ4n) is 0.812. The molecule has 74 valence electrons.